The highest BCUT2D eigenvalue weighted by Crippen LogP contribution is 2.29. The maximum Gasteiger partial charge on any atom is 0.490 e. The Kier molecular flexibility index (Phi) is 8.87. The molecule has 1 unspecified atom stereocenters. The van der Waals surface area contributed by atoms with Gasteiger partial charge in [0, 0.05) is 45.6 Å². The molecule has 166 valence electrons. The van der Waals surface area contributed by atoms with Gasteiger partial charge in [-0.05, 0) is 24.8 Å². The summed E-state index contributed by atoms with van der Waals surface area (Å²) in [5.41, 5.74) is 1.28. The molecule has 2 aliphatic heterocycles. The van der Waals surface area contributed by atoms with Crippen LogP contribution in [-0.4, -0.2) is 90.2 Å². The van der Waals surface area contributed by atoms with Crippen molar-refractivity contribution < 1.29 is 37.3 Å². The number of ether oxygens (including phenoxy) is 3. The van der Waals surface area contributed by atoms with Gasteiger partial charge >= 0.3 is 12.1 Å². The molecule has 3 heterocycles. The van der Waals surface area contributed by atoms with Crippen LogP contribution in [-0.2, 0) is 32.5 Å². The second-order valence-corrected chi connectivity index (χ2v) is 7.04. The van der Waals surface area contributed by atoms with Crippen molar-refractivity contribution in [3.8, 4) is 0 Å². The molecule has 1 aromatic rings. The molecule has 3 rings (SSSR count). The van der Waals surface area contributed by atoms with E-state index in [1.807, 2.05) is 17.9 Å². The van der Waals surface area contributed by atoms with E-state index in [9.17, 15) is 13.2 Å². The molecule has 0 amide bonds. The van der Waals surface area contributed by atoms with Gasteiger partial charge in [-0.2, -0.15) is 18.3 Å². The van der Waals surface area contributed by atoms with Gasteiger partial charge in [0.15, 0.2) is 0 Å². The molecule has 2 saturated heterocycles. The van der Waals surface area contributed by atoms with Gasteiger partial charge in [-0.25, -0.2) is 4.79 Å². The average Bonchev–Trinajstić information content (AvgIpc) is 3.37. The number of alkyl halides is 3. The number of rotatable bonds is 7. The molecule has 11 heteroatoms. The number of aliphatic carboxylic acids is 1. The standard InChI is InChI=1S/C16H27N3O3.C2HF3O2/c1-18-11-13(10-17-18)9-15-16(22-8-7-20-2)3-5-19(15)14-4-6-21-12-14;3-2(4,5)1(6)7/h10-11,14-16H,3-9,12H2,1-2H3;(H,6,7)/t14?,15-,16-;/m0./s1. The summed E-state index contributed by atoms with van der Waals surface area (Å²) in [6, 6.07) is 0.949. The Morgan fingerprint density at radius 3 is 2.62 bits per heavy atom. The first-order chi connectivity index (χ1) is 13.7. The number of carboxylic acid groups (broad SMARTS) is 1. The Hall–Kier alpha value is -1.69. The molecule has 0 radical (unpaired) electrons. The molecule has 0 spiro atoms. The highest BCUT2D eigenvalue weighted by molar-refractivity contribution is 5.73. The van der Waals surface area contributed by atoms with Crippen LogP contribution in [0.25, 0.3) is 0 Å². The minimum atomic E-state index is -5.08. The summed E-state index contributed by atoms with van der Waals surface area (Å²) in [5.74, 6) is -2.76. The Bertz CT molecular complexity index is 635. The first-order valence-corrected chi connectivity index (χ1v) is 9.44. The number of hydrogen-bond donors (Lipinski definition) is 1. The van der Waals surface area contributed by atoms with E-state index >= 15 is 0 Å². The van der Waals surface area contributed by atoms with Crippen molar-refractivity contribution in [3.05, 3.63) is 18.0 Å². The van der Waals surface area contributed by atoms with Gasteiger partial charge in [0.05, 0.1) is 32.1 Å². The molecule has 0 bridgehead atoms. The Balaban J connectivity index is 0.000000370. The van der Waals surface area contributed by atoms with Crippen molar-refractivity contribution in [2.75, 3.05) is 40.1 Å². The summed E-state index contributed by atoms with van der Waals surface area (Å²) in [6.45, 7) is 4.16. The highest BCUT2D eigenvalue weighted by atomic mass is 19.4. The number of carboxylic acids is 1. The van der Waals surface area contributed by atoms with E-state index in [1.54, 1.807) is 7.11 Å². The topological polar surface area (TPSA) is 86.1 Å². The fraction of sp³-hybridized carbons (Fsp3) is 0.778. The van der Waals surface area contributed by atoms with E-state index in [1.165, 1.54) is 5.56 Å². The van der Waals surface area contributed by atoms with E-state index < -0.39 is 12.1 Å². The summed E-state index contributed by atoms with van der Waals surface area (Å²) in [5, 5.41) is 11.4. The lowest BCUT2D eigenvalue weighted by Crippen LogP contribution is -2.44. The van der Waals surface area contributed by atoms with Gasteiger partial charge in [0.1, 0.15) is 0 Å². The molecular weight excluding hydrogens is 395 g/mol. The maximum absolute atomic E-state index is 10.6. The first-order valence-electron chi connectivity index (χ1n) is 9.44. The molecule has 3 atom stereocenters. The lowest BCUT2D eigenvalue weighted by Gasteiger charge is -2.31. The van der Waals surface area contributed by atoms with Crippen LogP contribution in [0.4, 0.5) is 13.2 Å². The summed E-state index contributed by atoms with van der Waals surface area (Å²) >= 11 is 0. The van der Waals surface area contributed by atoms with Gasteiger partial charge in [-0.3, -0.25) is 9.58 Å². The third-order valence-corrected chi connectivity index (χ3v) is 4.97. The summed E-state index contributed by atoms with van der Waals surface area (Å²) in [7, 11) is 3.68. The lowest BCUT2D eigenvalue weighted by atomic mass is 10.0. The van der Waals surface area contributed by atoms with Crippen LogP contribution >= 0.6 is 0 Å². The number of carbonyl (C=O) groups is 1. The number of halogens is 3. The van der Waals surface area contributed by atoms with Crippen molar-refractivity contribution in [2.45, 2.75) is 43.6 Å². The number of nitrogens with zero attached hydrogens (tertiary/aromatic N) is 3. The van der Waals surface area contributed by atoms with Crippen molar-refractivity contribution in [1.82, 2.24) is 14.7 Å². The van der Waals surface area contributed by atoms with Crippen LogP contribution in [0.15, 0.2) is 12.4 Å². The number of hydrogen-bond acceptors (Lipinski definition) is 6. The van der Waals surface area contributed by atoms with Gasteiger partial charge < -0.3 is 19.3 Å². The second kappa shape index (κ2) is 10.9. The van der Waals surface area contributed by atoms with E-state index in [0.717, 1.165) is 39.0 Å². The largest absolute Gasteiger partial charge is 0.490 e. The van der Waals surface area contributed by atoms with E-state index in [2.05, 4.69) is 16.2 Å². The van der Waals surface area contributed by atoms with Crippen LogP contribution < -0.4 is 0 Å². The third-order valence-electron chi connectivity index (χ3n) is 4.97. The summed E-state index contributed by atoms with van der Waals surface area (Å²) < 4.78 is 50.4. The smallest absolute Gasteiger partial charge is 0.475 e. The quantitative estimate of drug-likeness (QED) is 0.665. The van der Waals surface area contributed by atoms with Crippen molar-refractivity contribution >= 4 is 5.97 Å². The Labute approximate surface area is 167 Å². The molecule has 8 nitrogen and oxygen atoms in total. The fourth-order valence-corrected chi connectivity index (χ4v) is 3.63. The Morgan fingerprint density at radius 1 is 1.38 bits per heavy atom. The lowest BCUT2D eigenvalue weighted by molar-refractivity contribution is -0.192. The summed E-state index contributed by atoms with van der Waals surface area (Å²) in [4.78, 5) is 11.5. The number of methoxy groups -OCH3 is 1. The molecule has 0 aliphatic carbocycles. The van der Waals surface area contributed by atoms with E-state index in [4.69, 9.17) is 24.1 Å². The minimum absolute atomic E-state index is 0.274. The fourth-order valence-electron chi connectivity index (χ4n) is 3.63. The van der Waals surface area contributed by atoms with Crippen LogP contribution in [0.5, 0.6) is 0 Å². The number of likely N-dealkylation sites (tertiary alicyclic amines) is 1. The number of aromatic nitrogens is 2. The molecule has 0 aromatic carbocycles. The normalized spacial score (nSPS) is 25.1. The van der Waals surface area contributed by atoms with Gasteiger partial charge in [0.2, 0.25) is 0 Å². The van der Waals surface area contributed by atoms with E-state index in [0.29, 0.717) is 25.3 Å². The third kappa shape index (κ3) is 7.25. The first kappa shape index (κ1) is 23.6. The molecule has 1 N–H and O–H groups in total. The summed E-state index contributed by atoms with van der Waals surface area (Å²) in [6.07, 6.45) is 2.47. The van der Waals surface area contributed by atoms with Crippen molar-refractivity contribution in [2.24, 2.45) is 7.05 Å². The molecule has 0 saturated carbocycles. The number of aryl methyl sites for hydroxylation is 1. The van der Waals surface area contributed by atoms with Gasteiger partial charge in [-0.1, -0.05) is 0 Å². The SMILES string of the molecule is COCCO[C@H]1CCN(C2CCOC2)[C@H]1Cc1cnn(C)c1.O=C(O)C(F)(F)F. The van der Waals surface area contributed by atoms with Crippen LogP contribution in [0.2, 0.25) is 0 Å². The minimum Gasteiger partial charge on any atom is -0.475 e. The maximum atomic E-state index is 10.6. The van der Waals surface area contributed by atoms with Crippen LogP contribution in [0.3, 0.4) is 0 Å². The predicted octanol–water partition coefficient (Wildman–Crippen LogP) is 1.49. The van der Waals surface area contributed by atoms with Crippen LogP contribution in [0, 0.1) is 0 Å². The van der Waals surface area contributed by atoms with Gasteiger partial charge in [-0.15, -0.1) is 0 Å². The predicted molar refractivity (Wildman–Crippen MR) is 96.6 cm³/mol. The second-order valence-electron chi connectivity index (χ2n) is 7.04. The molecular formula is C18H28F3N3O5. The van der Waals surface area contributed by atoms with Gasteiger partial charge in [0.25, 0.3) is 0 Å². The molecule has 1 aromatic heterocycles. The highest BCUT2D eigenvalue weighted by Gasteiger charge is 2.40. The van der Waals surface area contributed by atoms with Crippen molar-refractivity contribution in [1.29, 1.82) is 0 Å². The zero-order valence-electron chi connectivity index (χ0n) is 16.6. The molecule has 2 aliphatic rings. The van der Waals surface area contributed by atoms with E-state index in [-0.39, 0.29) is 6.10 Å². The monoisotopic (exact) mass is 423 g/mol. The van der Waals surface area contributed by atoms with Crippen molar-refractivity contribution in [3.63, 3.8) is 0 Å². The zero-order valence-corrected chi connectivity index (χ0v) is 16.6. The average molecular weight is 423 g/mol. The zero-order chi connectivity index (χ0) is 21.4. The molecule has 29 heavy (non-hydrogen) atoms. The van der Waals surface area contributed by atoms with Crippen LogP contribution in [0.1, 0.15) is 18.4 Å². The Morgan fingerprint density at radius 2 is 2.10 bits per heavy atom. The molecule has 2 fully saturated rings.